The second kappa shape index (κ2) is 13.0. The third-order valence-corrected chi connectivity index (χ3v) is 7.95. The van der Waals surface area contributed by atoms with Crippen molar-refractivity contribution in [1.82, 2.24) is 20.6 Å². The molecule has 2 heterocycles. The van der Waals surface area contributed by atoms with E-state index in [2.05, 4.69) is 17.4 Å². The lowest BCUT2D eigenvalue weighted by atomic mass is 10.0. The molecule has 3 amide bonds. The third-order valence-electron chi connectivity index (χ3n) is 7.95. The van der Waals surface area contributed by atoms with Crippen LogP contribution in [0.3, 0.4) is 0 Å². The lowest BCUT2D eigenvalue weighted by Gasteiger charge is -2.30. The van der Waals surface area contributed by atoms with E-state index >= 15 is 0 Å². The van der Waals surface area contributed by atoms with Gasteiger partial charge in [-0.2, -0.15) is 0 Å². The van der Waals surface area contributed by atoms with Crippen LogP contribution in [0.2, 0.25) is 0 Å². The van der Waals surface area contributed by atoms with E-state index in [-0.39, 0.29) is 39.1 Å². The first kappa shape index (κ1) is 31.7. The molecule has 2 aliphatic heterocycles. The summed E-state index contributed by atoms with van der Waals surface area (Å²) in [5.41, 5.74) is 1.92. The molecule has 0 radical (unpaired) electrons. The standard InChI is InChI=1S/C29H37FN4O9/c1-5-10-41-28(40)43-32-23(16(3)4)25(36)34-14-19(11-22(34)24(35)31-29(26(37)38)12-18(29)6-2)42-27(39)33-13-17-8-7-9-21(30)20(17)15-33/h6-9,16,18-19,22-23,32H,2,5,10-15H2,1,3-4H3,(H,31,35)(H,37,38)/t18-,19-,22+,23?,29?/m1/s1. The summed E-state index contributed by atoms with van der Waals surface area (Å²) in [6.45, 7) is 8.90. The molecule has 234 valence electrons. The van der Waals surface area contributed by atoms with Crippen LogP contribution >= 0.6 is 0 Å². The van der Waals surface area contributed by atoms with E-state index < -0.39 is 71.4 Å². The van der Waals surface area contributed by atoms with Gasteiger partial charge in [0.05, 0.1) is 19.7 Å². The first-order chi connectivity index (χ1) is 20.4. The molecule has 14 heteroatoms. The van der Waals surface area contributed by atoms with Gasteiger partial charge < -0.3 is 29.6 Å². The van der Waals surface area contributed by atoms with Crippen molar-refractivity contribution in [2.24, 2.45) is 11.8 Å². The zero-order valence-corrected chi connectivity index (χ0v) is 24.3. The molecule has 0 aromatic heterocycles. The molecule has 2 unspecified atom stereocenters. The SMILES string of the molecule is C=C[C@@H]1CC1(NC(=O)[C@@H]1C[C@@H](OC(=O)N2Cc3cccc(F)c3C2)CN1C(=O)C(NOC(=O)OCCC)C(C)C)C(=O)O. The molecule has 1 aromatic rings. The van der Waals surface area contributed by atoms with Crippen molar-refractivity contribution in [3.8, 4) is 0 Å². The average molecular weight is 605 g/mol. The van der Waals surface area contributed by atoms with Crippen LogP contribution in [0.25, 0.3) is 0 Å². The first-order valence-electron chi connectivity index (χ1n) is 14.2. The molecule has 1 aliphatic carbocycles. The van der Waals surface area contributed by atoms with E-state index in [1.165, 1.54) is 21.9 Å². The van der Waals surface area contributed by atoms with Gasteiger partial charge in [0, 0.05) is 24.4 Å². The van der Waals surface area contributed by atoms with Crippen LogP contribution in [0.15, 0.2) is 30.9 Å². The fraction of sp³-hybridized carbons (Fsp3) is 0.552. The minimum atomic E-state index is -1.55. The molecule has 13 nitrogen and oxygen atoms in total. The molecular formula is C29H37FN4O9. The van der Waals surface area contributed by atoms with Crippen molar-refractivity contribution >= 4 is 30.0 Å². The molecule has 0 spiro atoms. The van der Waals surface area contributed by atoms with Crippen molar-refractivity contribution in [3.63, 3.8) is 0 Å². The van der Waals surface area contributed by atoms with Gasteiger partial charge in [-0.25, -0.2) is 18.8 Å². The van der Waals surface area contributed by atoms with Gasteiger partial charge in [-0.3, -0.25) is 14.5 Å². The number of amides is 3. The fourth-order valence-electron chi connectivity index (χ4n) is 5.40. The van der Waals surface area contributed by atoms with Crippen LogP contribution in [0.4, 0.5) is 14.0 Å². The summed E-state index contributed by atoms with van der Waals surface area (Å²) < 4.78 is 24.8. The Balaban J connectivity index is 1.50. The largest absolute Gasteiger partial charge is 0.527 e. The average Bonchev–Trinajstić information content (AvgIpc) is 3.27. The zero-order valence-electron chi connectivity index (χ0n) is 24.3. The van der Waals surface area contributed by atoms with Gasteiger partial charge in [0.2, 0.25) is 11.8 Å². The van der Waals surface area contributed by atoms with E-state index in [0.29, 0.717) is 17.5 Å². The molecule has 1 saturated carbocycles. The number of carboxylic acids is 1. The number of carboxylic acid groups (broad SMARTS) is 1. The zero-order chi connectivity index (χ0) is 31.5. The Bertz CT molecular complexity index is 1290. The highest BCUT2D eigenvalue weighted by Gasteiger charge is 2.61. The van der Waals surface area contributed by atoms with E-state index in [0.717, 1.165) is 0 Å². The minimum Gasteiger partial charge on any atom is -0.479 e. The van der Waals surface area contributed by atoms with Crippen molar-refractivity contribution in [3.05, 3.63) is 47.8 Å². The summed E-state index contributed by atoms with van der Waals surface area (Å²) in [7, 11) is 0. The molecular weight excluding hydrogens is 567 g/mol. The van der Waals surface area contributed by atoms with E-state index in [9.17, 15) is 33.5 Å². The predicted octanol–water partition coefficient (Wildman–Crippen LogP) is 2.49. The van der Waals surface area contributed by atoms with Crippen molar-refractivity contribution < 1.29 is 47.8 Å². The van der Waals surface area contributed by atoms with Crippen LogP contribution in [0.5, 0.6) is 0 Å². The van der Waals surface area contributed by atoms with Gasteiger partial charge in [0.25, 0.3) is 0 Å². The molecule has 0 bridgehead atoms. The number of hydroxylamine groups is 1. The fourth-order valence-corrected chi connectivity index (χ4v) is 5.40. The van der Waals surface area contributed by atoms with Crippen LogP contribution in [-0.4, -0.2) is 81.8 Å². The number of fused-ring (bicyclic) bond motifs is 1. The van der Waals surface area contributed by atoms with Gasteiger partial charge in [0.1, 0.15) is 29.5 Å². The molecule has 5 atom stereocenters. The Kier molecular flexibility index (Phi) is 9.58. The number of halogens is 1. The number of hydrogen-bond donors (Lipinski definition) is 3. The highest BCUT2D eigenvalue weighted by atomic mass is 19.1. The number of rotatable bonds is 11. The Morgan fingerprint density at radius 3 is 2.58 bits per heavy atom. The van der Waals surface area contributed by atoms with Gasteiger partial charge in [-0.15, -0.1) is 12.1 Å². The van der Waals surface area contributed by atoms with Gasteiger partial charge in [0.15, 0.2) is 0 Å². The van der Waals surface area contributed by atoms with E-state index in [1.54, 1.807) is 32.9 Å². The number of aliphatic carboxylic acids is 1. The molecule has 43 heavy (non-hydrogen) atoms. The summed E-state index contributed by atoms with van der Waals surface area (Å²) in [4.78, 5) is 71.6. The van der Waals surface area contributed by atoms with Crippen molar-refractivity contribution in [2.45, 2.75) is 76.8 Å². The van der Waals surface area contributed by atoms with Crippen molar-refractivity contribution in [1.29, 1.82) is 0 Å². The molecule has 4 rings (SSSR count). The number of ether oxygens (including phenoxy) is 2. The summed E-state index contributed by atoms with van der Waals surface area (Å²) in [6, 6.07) is 2.28. The lowest BCUT2D eigenvalue weighted by molar-refractivity contribution is -0.147. The van der Waals surface area contributed by atoms with Gasteiger partial charge in [-0.05, 0) is 30.4 Å². The Morgan fingerprint density at radius 2 is 1.98 bits per heavy atom. The number of hydrogen-bond acceptors (Lipinski definition) is 9. The van der Waals surface area contributed by atoms with Crippen LogP contribution < -0.4 is 10.8 Å². The summed E-state index contributed by atoms with van der Waals surface area (Å²) in [6.07, 6.45) is -0.664. The van der Waals surface area contributed by atoms with Gasteiger partial charge in [-0.1, -0.05) is 39.0 Å². The number of nitrogens with zero attached hydrogens (tertiary/aromatic N) is 2. The molecule has 1 saturated heterocycles. The third kappa shape index (κ3) is 6.74. The Hall–Kier alpha value is -4.20. The number of benzene rings is 1. The number of nitrogens with one attached hydrogen (secondary N) is 2. The number of carbonyl (C=O) groups excluding carboxylic acids is 4. The van der Waals surface area contributed by atoms with Crippen LogP contribution in [-0.2, 0) is 41.8 Å². The van der Waals surface area contributed by atoms with Crippen LogP contribution in [0, 0.1) is 17.7 Å². The summed E-state index contributed by atoms with van der Waals surface area (Å²) in [5, 5.41) is 12.3. The van der Waals surface area contributed by atoms with E-state index in [1.807, 2.05) is 0 Å². The molecule has 3 N–H and O–H groups in total. The first-order valence-corrected chi connectivity index (χ1v) is 14.2. The van der Waals surface area contributed by atoms with Gasteiger partial charge >= 0.3 is 18.2 Å². The quantitative estimate of drug-likeness (QED) is 0.194. The number of carbonyl (C=O) groups is 5. The highest BCUT2D eigenvalue weighted by molar-refractivity contribution is 5.95. The molecule has 3 aliphatic rings. The second-order valence-electron chi connectivity index (χ2n) is 11.3. The summed E-state index contributed by atoms with van der Waals surface area (Å²) in [5.74, 6) is -3.94. The maximum absolute atomic E-state index is 14.2. The topological polar surface area (TPSA) is 164 Å². The minimum absolute atomic E-state index is 0.00893. The maximum Gasteiger partial charge on any atom is 0.527 e. The summed E-state index contributed by atoms with van der Waals surface area (Å²) >= 11 is 0. The Labute approximate surface area is 248 Å². The predicted molar refractivity (Wildman–Crippen MR) is 147 cm³/mol. The lowest BCUT2D eigenvalue weighted by Crippen LogP contribution is -2.57. The number of likely N-dealkylation sites (tertiary alicyclic amines) is 1. The van der Waals surface area contributed by atoms with E-state index in [4.69, 9.17) is 14.3 Å². The highest BCUT2D eigenvalue weighted by Crippen LogP contribution is 2.45. The van der Waals surface area contributed by atoms with Crippen molar-refractivity contribution in [2.75, 3.05) is 13.2 Å². The second-order valence-corrected chi connectivity index (χ2v) is 11.3. The normalized spacial score (nSPS) is 24.6. The van der Waals surface area contributed by atoms with Crippen LogP contribution in [0.1, 0.15) is 51.2 Å². The monoisotopic (exact) mass is 604 g/mol. The Morgan fingerprint density at radius 1 is 1.23 bits per heavy atom. The molecule has 2 fully saturated rings. The maximum atomic E-state index is 14.2. The smallest absolute Gasteiger partial charge is 0.479 e. The molecule has 1 aromatic carbocycles.